The molecule has 0 radical (unpaired) electrons. The van der Waals surface area contributed by atoms with Gasteiger partial charge in [0.2, 0.25) is 15.6 Å². The van der Waals surface area contributed by atoms with Crippen molar-refractivity contribution in [1.82, 2.24) is 0 Å². The average Bonchev–Trinajstić information content (AvgIpc) is 2.78. The average molecular weight is 448 g/mol. The summed E-state index contributed by atoms with van der Waals surface area (Å²) >= 11 is 0. The molecule has 1 atom stereocenters. The van der Waals surface area contributed by atoms with Gasteiger partial charge in [0, 0.05) is 16.7 Å². The molecule has 1 unspecified atom stereocenters. The molecule has 0 fully saturated rings. The highest BCUT2D eigenvalue weighted by Crippen LogP contribution is 2.34. The Labute approximate surface area is 185 Å². The minimum atomic E-state index is -3.98. The summed E-state index contributed by atoms with van der Waals surface area (Å²) in [4.78, 5) is 37.7. The first kappa shape index (κ1) is 21.6. The van der Waals surface area contributed by atoms with Gasteiger partial charge in [0.1, 0.15) is 0 Å². The van der Waals surface area contributed by atoms with E-state index in [1.807, 2.05) is 19.9 Å². The molecule has 0 saturated carbocycles. The Morgan fingerprint density at radius 1 is 0.812 bits per heavy atom. The van der Waals surface area contributed by atoms with E-state index in [2.05, 4.69) is 0 Å². The van der Waals surface area contributed by atoms with Crippen LogP contribution in [0.25, 0.3) is 0 Å². The topological polar surface area (TPSA) is 94.6 Å². The Morgan fingerprint density at radius 3 is 2.19 bits per heavy atom. The molecule has 0 spiro atoms. The molecule has 3 aromatic rings. The molecule has 0 amide bonds. The molecule has 0 aromatic heterocycles. The smallest absolute Gasteiger partial charge is 0.338 e. The molecule has 6 nitrogen and oxygen atoms in total. The summed E-state index contributed by atoms with van der Waals surface area (Å²) in [6, 6.07) is 14.9. The van der Waals surface area contributed by atoms with Crippen LogP contribution in [0.15, 0.2) is 70.5 Å². The first-order valence-corrected chi connectivity index (χ1v) is 11.4. The lowest BCUT2D eigenvalue weighted by atomic mass is 10.0. The lowest BCUT2D eigenvalue weighted by Gasteiger charge is -2.19. The van der Waals surface area contributed by atoms with Crippen molar-refractivity contribution in [3.8, 4) is 0 Å². The lowest BCUT2D eigenvalue weighted by molar-refractivity contribution is 0.0318. The van der Waals surface area contributed by atoms with Crippen molar-refractivity contribution in [2.24, 2.45) is 0 Å². The van der Waals surface area contributed by atoms with Crippen LogP contribution in [0, 0.1) is 13.8 Å². The first-order valence-electron chi connectivity index (χ1n) is 9.96. The predicted molar refractivity (Wildman–Crippen MR) is 117 cm³/mol. The van der Waals surface area contributed by atoms with E-state index in [9.17, 15) is 22.8 Å². The Hall–Kier alpha value is -3.58. The van der Waals surface area contributed by atoms with E-state index in [1.54, 1.807) is 18.2 Å². The summed E-state index contributed by atoms with van der Waals surface area (Å²) in [5.41, 5.74) is 2.45. The molecule has 0 N–H and O–H groups in total. The second-order valence-corrected chi connectivity index (χ2v) is 9.64. The number of hydrogen-bond donors (Lipinski definition) is 0. The van der Waals surface area contributed by atoms with Crippen molar-refractivity contribution >= 4 is 27.4 Å². The van der Waals surface area contributed by atoms with Gasteiger partial charge in [0.15, 0.2) is 11.9 Å². The van der Waals surface area contributed by atoms with Crippen molar-refractivity contribution in [3.63, 3.8) is 0 Å². The lowest BCUT2D eigenvalue weighted by Crippen LogP contribution is -2.25. The van der Waals surface area contributed by atoms with Gasteiger partial charge in [0.05, 0.1) is 15.4 Å². The minimum absolute atomic E-state index is 0.000458. The number of carbonyl (C=O) groups excluding carboxylic acids is 3. The van der Waals surface area contributed by atoms with Gasteiger partial charge >= 0.3 is 5.97 Å². The standard InChI is InChI=1S/C25H20O6S/c1-14-8-9-17(12-15(14)2)23(26)16(3)31-25(28)18-10-11-20-22(13-18)32(29,30)21-7-5-4-6-19(21)24(20)27/h4-13,16H,1-3H3. The van der Waals surface area contributed by atoms with E-state index in [-0.39, 0.29) is 32.3 Å². The summed E-state index contributed by atoms with van der Waals surface area (Å²) in [5, 5.41) is 0. The number of sulfone groups is 1. The van der Waals surface area contributed by atoms with Crippen LogP contribution in [0.2, 0.25) is 0 Å². The maximum absolute atomic E-state index is 13.0. The molecular weight excluding hydrogens is 428 g/mol. The summed E-state index contributed by atoms with van der Waals surface area (Å²) in [6.45, 7) is 5.28. The van der Waals surface area contributed by atoms with Gasteiger partial charge in [-0.25, -0.2) is 13.2 Å². The molecule has 7 heteroatoms. The van der Waals surface area contributed by atoms with Gasteiger partial charge in [-0.15, -0.1) is 0 Å². The van der Waals surface area contributed by atoms with Gasteiger partial charge in [-0.05, 0) is 68.3 Å². The van der Waals surface area contributed by atoms with E-state index in [1.165, 1.54) is 37.3 Å². The monoisotopic (exact) mass is 448 g/mol. The molecule has 0 aliphatic carbocycles. The Balaban J connectivity index is 1.62. The molecule has 162 valence electrons. The van der Waals surface area contributed by atoms with Crippen molar-refractivity contribution < 1.29 is 27.5 Å². The van der Waals surface area contributed by atoms with Crippen LogP contribution < -0.4 is 0 Å². The number of hydrogen-bond acceptors (Lipinski definition) is 6. The molecule has 0 bridgehead atoms. The van der Waals surface area contributed by atoms with Crippen LogP contribution in [-0.2, 0) is 14.6 Å². The third kappa shape index (κ3) is 3.54. The van der Waals surface area contributed by atoms with Crippen molar-refractivity contribution in [3.05, 3.63) is 94.0 Å². The normalized spacial score (nSPS) is 14.8. The first-order chi connectivity index (χ1) is 15.1. The fourth-order valence-electron chi connectivity index (χ4n) is 3.62. The zero-order valence-electron chi connectivity index (χ0n) is 17.7. The number of aryl methyl sites for hydroxylation is 2. The van der Waals surface area contributed by atoms with Crippen LogP contribution in [0.5, 0.6) is 0 Å². The second kappa shape index (κ2) is 7.84. The Bertz CT molecular complexity index is 1400. The third-order valence-corrected chi connectivity index (χ3v) is 7.47. The molecule has 3 aromatic carbocycles. The largest absolute Gasteiger partial charge is 0.451 e. The van der Waals surface area contributed by atoms with Crippen molar-refractivity contribution in [2.75, 3.05) is 0 Å². The number of carbonyl (C=O) groups is 3. The molecule has 1 aliphatic heterocycles. The van der Waals surface area contributed by atoms with Crippen LogP contribution in [0.4, 0.5) is 0 Å². The molecule has 1 heterocycles. The van der Waals surface area contributed by atoms with E-state index in [0.717, 1.165) is 17.2 Å². The highest BCUT2D eigenvalue weighted by atomic mass is 32.2. The number of ether oxygens (including phenoxy) is 1. The molecule has 4 rings (SSSR count). The van der Waals surface area contributed by atoms with Gasteiger partial charge < -0.3 is 4.74 Å². The number of rotatable bonds is 4. The van der Waals surface area contributed by atoms with Crippen LogP contribution >= 0.6 is 0 Å². The fraction of sp³-hybridized carbons (Fsp3) is 0.160. The maximum atomic E-state index is 13.0. The maximum Gasteiger partial charge on any atom is 0.338 e. The van der Waals surface area contributed by atoms with E-state index < -0.39 is 27.7 Å². The van der Waals surface area contributed by atoms with Crippen molar-refractivity contribution in [1.29, 1.82) is 0 Å². The summed E-state index contributed by atoms with van der Waals surface area (Å²) in [7, 11) is -3.98. The summed E-state index contributed by atoms with van der Waals surface area (Å²) in [5.74, 6) is -1.64. The molecule has 1 aliphatic rings. The zero-order chi connectivity index (χ0) is 23.2. The van der Waals surface area contributed by atoms with Crippen LogP contribution in [0.3, 0.4) is 0 Å². The second-order valence-electron chi connectivity index (χ2n) is 7.75. The van der Waals surface area contributed by atoms with Crippen LogP contribution in [0.1, 0.15) is 54.7 Å². The minimum Gasteiger partial charge on any atom is -0.451 e. The number of benzene rings is 3. The van der Waals surface area contributed by atoms with Gasteiger partial charge in [-0.2, -0.15) is 0 Å². The summed E-state index contributed by atoms with van der Waals surface area (Å²) in [6.07, 6.45) is -1.07. The van der Waals surface area contributed by atoms with Gasteiger partial charge in [-0.3, -0.25) is 9.59 Å². The van der Waals surface area contributed by atoms with E-state index >= 15 is 0 Å². The molecule has 32 heavy (non-hydrogen) atoms. The number of Topliss-reactive ketones (excluding diaryl/α,β-unsaturated/α-hetero) is 1. The highest BCUT2D eigenvalue weighted by molar-refractivity contribution is 7.91. The zero-order valence-corrected chi connectivity index (χ0v) is 18.5. The van der Waals surface area contributed by atoms with Gasteiger partial charge in [-0.1, -0.05) is 24.3 Å². The fourth-order valence-corrected chi connectivity index (χ4v) is 5.30. The van der Waals surface area contributed by atoms with E-state index in [4.69, 9.17) is 4.74 Å². The van der Waals surface area contributed by atoms with Gasteiger partial charge in [0.25, 0.3) is 0 Å². The molecular formula is C25H20O6S. The Morgan fingerprint density at radius 2 is 1.47 bits per heavy atom. The number of esters is 1. The quantitative estimate of drug-likeness (QED) is 0.344. The summed E-state index contributed by atoms with van der Waals surface area (Å²) < 4.78 is 31.4. The Kier molecular flexibility index (Phi) is 5.30. The SMILES string of the molecule is Cc1ccc(C(=O)C(C)OC(=O)c2ccc3c(c2)S(=O)(=O)c2ccccc2C3=O)cc1C. The highest BCUT2D eigenvalue weighted by Gasteiger charge is 2.35. The number of ketones is 2. The molecule has 0 saturated heterocycles. The number of fused-ring (bicyclic) bond motifs is 2. The predicted octanol–water partition coefficient (Wildman–Crippen LogP) is 4.11. The van der Waals surface area contributed by atoms with Crippen molar-refractivity contribution in [2.45, 2.75) is 36.7 Å². The third-order valence-electron chi connectivity index (χ3n) is 5.62. The van der Waals surface area contributed by atoms with Crippen LogP contribution in [-0.4, -0.2) is 32.1 Å². The van der Waals surface area contributed by atoms with E-state index in [0.29, 0.717) is 5.56 Å².